The van der Waals surface area contributed by atoms with E-state index in [1.807, 2.05) is 18.2 Å². The molecule has 1 amide bonds. The van der Waals surface area contributed by atoms with Gasteiger partial charge in [-0.2, -0.15) is 0 Å². The first-order chi connectivity index (χ1) is 14.9. The lowest BCUT2D eigenvalue weighted by atomic mass is 10.1. The van der Waals surface area contributed by atoms with Crippen molar-refractivity contribution in [1.29, 1.82) is 0 Å². The van der Waals surface area contributed by atoms with Crippen LogP contribution in [0, 0.1) is 0 Å². The molecular weight excluding hydrogens is 449 g/mol. The third kappa shape index (κ3) is 5.06. The van der Waals surface area contributed by atoms with Crippen molar-refractivity contribution >= 4 is 58.3 Å². The molecule has 31 heavy (non-hydrogen) atoms. The smallest absolute Gasteiger partial charge is 0.264 e. The van der Waals surface area contributed by atoms with E-state index in [4.69, 9.17) is 23.2 Å². The van der Waals surface area contributed by atoms with Crippen LogP contribution in [-0.2, 0) is 4.79 Å². The second-order valence-corrected chi connectivity index (χ2v) is 10.1. The van der Waals surface area contributed by atoms with E-state index in [0.717, 1.165) is 34.1 Å². The summed E-state index contributed by atoms with van der Waals surface area (Å²) in [5.74, 6) is 0.838. The van der Waals surface area contributed by atoms with Crippen molar-refractivity contribution in [3.63, 3.8) is 0 Å². The van der Waals surface area contributed by atoms with E-state index in [9.17, 15) is 4.79 Å². The zero-order valence-electron chi connectivity index (χ0n) is 17.9. The molecule has 2 aliphatic rings. The number of carbonyl (C=O) groups is 1. The maximum absolute atomic E-state index is 13.3. The number of carbonyl (C=O) groups excluding carboxylic acids is 1. The molecule has 0 N–H and O–H groups in total. The van der Waals surface area contributed by atoms with Gasteiger partial charge in [-0.3, -0.25) is 4.79 Å². The molecule has 2 fully saturated rings. The largest absolute Gasteiger partial charge is 0.373 e. The van der Waals surface area contributed by atoms with Crippen LogP contribution in [0.25, 0.3) is 6.08 Å². The van der Waals surface area contributed by atoms with Crippen LogP contribution in [0.2, 0.25) is 10.0 Å². The molecule has 1 unspecified atom stereocenters. The molecule has 2 aromatic carbocycles. The van der Waals surface area contributed by atoms with Crippen LogP contribution >= 0.6 is 35.0 Å². The molecule has 1 atom stereocenters. The second kappa shape index (κ2) is 9.86. The molecule has 2 aromatic rings. The molecule has 0 aliphatic carbocycles. The Morgan fingerprint density at radius 1 is 1.16 bits per heavy atom. The molecule has 0 aromatic heterocycles. The van der Waals surface area contributed by atoms with Crippen molar-refractivity contribution in [1.82, 2.24) is 4.90 Å². The van der Waals surface area contributed by atoms with Gasteiger partial charge in [0.1, 0.15) is 0 Å². The van der Waals surface area contributed by atoms with Crippen molar-refractivity contribution in [3.8, 4) is 0 Å². The molecule has 2 saturated heterocycles. The summed E-state index contributed by atoms with van der Waals surface area (Å²) < 4.78 is 0. The van der Waals surface area contributed by atoms with E-state index >= 15 is 0 Å². The first-order valence-corrected chi connectivity index (χ1v) is 12.3. The summed E-state index contributed by atoms with van der Waals surface area (Å²) in [6.45, 7) is 2.79. The molecule has 2 aliphatic heterocycles. The minimum absolute atomic E-state index is 0.00243. The van der Waals surface area contributed by atoms with Gasteiger partial charge in [0.25, 0.3) is 5.91 Å². The summed E-state index contributed by atoms with van der Waals surface area (Å²) in [5, 5.41) is 0.949. The lowest BCUT2D eigenvalue weighted by molar-refractivity contribution is -0.114. The van der Waals surface area contributed by atoms with Crippen molar-refractivity contribution in [2.24, 2.45) is 0 Å². The summed E-state index contributed by atoms with van der Waals surface area (Å²) in [5.41, 5.74) is 2.99. The lowest BCUT2D eigenvalue weighted by Crippen LogP contribution is -2.37. The third-order valence-electron chi connectivity index (χ3n) is 6.03. The fraction of sp³-hybridized carbons (Fsp3) is 0.375. The molecule has 2 heterocycles. The number of benzene rings is 2. The second-order valence-electron chi connectivity index (χ2n) is 8.13. The number of amides is 1. The lowest BCUT2D eigenvalue weighted by Gasteiger charge is -2.30. The van der Waals surface area contributed by atoms with Crippen molar-refractivity contribution in [2.75, 3.05) is 49.3 Å². The van der Waals surface area contributed by atoms with Gasteiger partial charge in [-0.25, -0.2) is 0 Å². The average molecular weight is 476 g/mol. The minimum atomic E-state index is 0.00243. The van der Waals surface area contributed by atoms with Crippen molar-refractivity contribution in [2.45, 2.75) is 18.9 Å². The highest BCUT2D eigenvalue weighted by molar-refractivity contribution is 8.04. The highest BCUT2D eigenvalue weighted by atomic mass is 35.5. The van der Waals surface area contributed by atoms with Crippen LogP contribution < -0.4 is 9.80 Å². The fourth-order valence-corrected chi connectivity index (χ4v) is 5.50. The van der Waals surface area contributed by atoms with E-state index in [-0.39, 0.29) is 5.91 Å². The number of likely N-dealkylation sites (N-methyl/N-ethyl adjacent to an activating group) is 2. The minimum Gasteiger partial charge on any atom is -0.373 e. The average Bonchev–Trinajstić information content (AvgIpc) is 3.16. The Bertz CT molecular complexity index is 997. The van der Waals surface area contributed by atoms with Gasteiger partial charge in [0.15, 0.2) is 0 Å². The number of rotatable bonds is 5. The van der Waals surface area contributed by atoms with Crippen LogP contribution in [0.1, 0.15) is 18.4 Å². The van der Waals surface area contributed by atoms with Gasteiger partial charge in [-0.1, -0.05) is 41.4 Å². The third-order valence-corrected chi connectivity index (χ3v) is 7.76. The van der Waals surface area contributed by atoms with Gasteiger partial charge in [-0.15, -0.1) is 11.8 Å². The summed E-state index contributed by atoms with van der Waals surface area (Å²) in [4.78, 5) is 20.5. The highest BCUT2D eigenvalue weighted by Crippen LogP contribution is 2.34. The standard InChI is InChI=1S/C24H27Cl2N3OS/c1-27-11-5-7-19(27)16-28(2)22-8-4-3-6-17(22)14-23-24(30)29(12-13-31-23)18-9-10-20(25)21(26)15-18/h3-4,6,8-10,14-15,19H,5,7,11-13,16H2,1-2H3. The molecule has 0 saturated carbocycles. The number of nitrogens with zero attached hydrogens (tertiary/aromatic N) is 3. The molecule has 164 valence electrons. The predicted octanol–water partition coefficient (Wildman–Crippen LogP) is 5.64. The van der Waals surface area contributed by atoms with Gasteiger partial charge in [-0.05, 0) is 62.3 Å². The Hall–Kier alpha value is -1.66. The molecule has 0 bridgehead atoms. The molecular formula is C24H27Cl2N3OS. The topological polar surface area (TPSA) is 26.8 Å². The van der Waals surface area contributed by atoms with Crippen molar-refractivity contribution < 1.29 is 4.79 Å². The first kappa shape index (κ1) is 22.5. The Morgan fingerprint density at radius 2 is 1.97 bits per heavy atom. The number of halogens is 2. The van der Waals surface area contributed by atoms with Crippen LogP contribution in [0.5, 0.6) is 0 Å². The van der Waals surface area contributed by atoms with E-state index < -0.39 is 0 Å². The summed E-state index contributed by atoms with van der Waals surface area (Å²) in [6.07, 6.45) is 4.52. The summed E-state index contributed by atoms with van der Waals surface area (Å²) in [6, 6.07) is 14.2. The zero-order valence-corrected chi connectivity index (χ0v) is 20.2. The number of hydrogen-bond donors (Lipinski definition) is 0. The zero-order chi connectivity index (χ0) is 22.0. The predicted molar refractivity (Wildman–Crippen MR) is 135 cm³/mol. The number of likely N-dealkylation sites (tertiary alicyclic amines) is 1. The quantitative estimate of drug-likeness (QED) is 0.522. The van der Waals surface area contributed by atoms with Crippen LogP contribution in [0.4, 0.5) is 11.4 Å². The van der Waals surface area contributed by atoms with Gasteiger partial charge >= 0.3 is 0 Å². The molecule has 4 nitrogen and oxygen atoms in total. The van der Waals surface area contributed by atoms with Crippen LogP contribution in [-0.4, -0.2) is 56.3 Å². The van der Waals surface area contributed by atoms with E-state index in [2.05, 4.69) is 42.1 Å². The first-order valence-electron chi connectivity index (χ1n) is 10.6. The fourth-order valence-electron chi connectivity index (χ4n) is 4.27. The molecule has 7 heteroatoms. The van der Waals surface area contributed by atoms with Crippen LogP contribution in [0.15, 0.2) is 47.4 Å². The SMILES string of the molecule is CN(CC1CCCN1C)c1ccccc1C=C1SCCN(c2ccc(Cl)c(Cl)c2)C1=O. The van der Waals surface area contributed by atoms with E-state index in [1.165, 1.54) is 19.4 Å². The number of hydrogen-bond acceptors (Lipinski definition) is 4. The summed E-state index contributed by atoms with van der Waals surface area (Å²) in [7, 11) is 4.34. The Kier molecular flexibility index (Phi) is 7.17. The number of thioether (sulfide) groups is 1. The monoisotopic (exact) mass is 475 g/mol. The maximum Gasteiger partial charge on any atom is 0.264 e. The highest BCUT2D eigenvalue weighted by Gasteiger charge is 2.27. The molecule has 0 radical (unpaired) electrons. The van der Waals surface area contributed by atoms with Gasteiger partial charge < -0.3 is 14.7 Å². The normalized spacial score (nSPS) is 21.2. The number of anilines is 2. The number of para-hydroxylation sites is 1. The van der Waals surface area contributed by atoms with E-state index in [0.29, 0.717) is 22.6 Å². The summed E-state index contributed by atoms with van der Waals surface area (Å²) >= 11 is 13.8. The molecule has 0 spiro atoms. The van der Waals surface area contributed by atoms with Gasteiger partial charge in [0.2, 0.25) is 0 Å². The van der Waals surface area contributed by atoms with Gasteiger partial charge in [0.05, 0.1) is 15.0 Å². The van der Waals surface area contributed by atoms with Gasteiger partial charge in [0, 0.05) is 43.3 Å². The Morgan fingerprint density at radius 3 is 2.71 bits per heavy atom. The van der Waals surface area contributed by atoms with Crippen LogP contribution in [0.3, 0.4) is 0 Å². The Labute approximate surface area is 198 Å². The van der Waals surface area contributed by atoms with E-state index in [1.54, 1.807) is 28.8 Å². The van der Waals surface area contributed by atoms with Crippen molar-refractivity contribution in [3.05, 3.63) is 63.0 Å². The Balaban J connectivity index is 1.57. The molecule has 4 rings (SSSR count). The maximum atomic E-state index is 13.3.